The molecule has 0 bridgehead atoms. The Bertz CT molecular complexity index is 851. The first-order valence-electron chi connectivity index (χ1n) is 9.37. The summed E-state index contributed by atoms with van der Waals surface area (Å²) in [7, 11) is 5.63. The van der Waals surface area contributed by atoms with Gasteiger partial charge in [0.1, 0.15) is 12.6 Å². The van der Waals surface area contributed by atoms with Gasteiger partial charge in [0.15, 0.2) is 11.5 Å². The molecular formula is C22H26NO4+. The zero-order chi connectivity index (χ0) is 19.0. The van der Waals surface area contributed by atoms with Crippen molar-refractivity contribution < 1.29 is 23.5 Å². The van der Waals surface area contributed by atoms with Gasteiger partial charge in [-0.2, -0.15) is 0 Å². The number of fused-ring (bicyclic) bond motifs is 3. The Labute approximate surface area is 160 Å². The van der Waals surface area contributed by atoms with Crippen molar-refractivity contribution in [1.29, 1.82) is 0 Å². The van der Waals surface area contributed by atoms with Gasteiger partial charge in [-0.05, 0) is 29.8 Å². The van der Waals surface area contributed by atoms with Crippen LogP contribution in [-0.2, 0) is 11.2 Å². The lowest BCUT2D eigenvalue weighted by molar-refractivity contribution is -0.992. The molecule has 142 valence electrons. The van der Waals surface area contributed by atoms with Gasteiger partial charge in [0, 0.05) is 12.0 Å². The first-order valence-corrected chi connectivity index (χ1v) is 9.37. The topological polar surface area (TPSA) is 44.8 Å². The number of likely N-dealkylation sites (N-methyl/N-ethyl adjacent to an activating group) is 1. The Kier molecular flexibility index (Phi) is 4.56. The smallest absolute Gasteiger partial charge is 0.338 e. The normalized spacial score (nSPS) is 25.6. The fourth-order valence-electron chi connectivity index (χ4n) is 4.73. The number of rotatable bonds is 5. The molecule has 4 rings (SSSR count). The van der Waals surface area contributed by atoms with Gasteiger partial charge >= 0.3 is 5.97 Å². The van der Waals surface area contributed by atoms with Crippen LogP contribution in [0.3, 0.4) is 0 Å². The van der Waals surface area contributed by atoms with Gasteiger partial charge in [0.2, 0.25) is 0 Å². The van der Waals surface area contributed by atoms with Crippen LogP contribution >= 0.6 is 0 Å². The zero-order valence-electron chi connectivity index (χ0n) is 16.1. The number of ether oxygens (including phenoxy) is 3. The van der Waals surface area contributed by atoms with Crippen molar-refractivity contribution in [3.05, 3.63) is 59.2 Å². The van der Waals surface area contributed by atoms with Crippen LogP contribution in [0, 0.1) is 5.92 Å². The van der Waals surface area contributed by atoms with E-state index in [1.54, 1.807) is 26.4 Å². The second-order valence-corrected chi connectivity index (χ2v) is 7.71. The largest absolute Gasteiger partial charge is 0.493 e. The Morgan fingerprint density at radius 2 is 1.81 bits per heavy atom. The molecule has 2 aromatic carbocycles. The van der Waals surface area contributed by atoms with E-state index in [0.717, 1.165) is 35.5 Å². The van der Waals surface area contributed by atoms with Gasteiger partial charge in [0.25, 0.3) is 0 Å². The summed E-state index contributed by atoms with van der Waals surface area (Å²) in [6.45, 7) is 2.57. The first-order chi connectivity index (χ1) is 13.1. The Balaban J connectivity index is 1.54. The molecule has 2 aromatic rings. The molecule has 0 spiro atoms. The number of methoxy groups -OCH3 is 2. The predicted molar refractivity (Wildman–Crippen MR) is 102 cm³/mol. The molecule has 0 radical (unpaired) electrons. The minimum atomic E-state index is -0.250. The predicted octanol–water partition coefficient (Wildman–Crippen LogP) is 3.23. The highest BCUT2D eigenvalue weighted by atomic mass is 16.5. The molecular weight excluding hydrogens is 342 g/mol. The molecule has 2 heterocycles. The van der Waals surface area contributed by atoms with Crippen LogP contribution in [0.4, 0.5) is 0 Å². The van der Waals surface area contributed by atoms with Gasteiger partial charge < -0.3 is 18.7 Å². The van der Waals surface area contributed by atoms with Crippen LogP contribution in [0.5, 0.6) is 11.5 Å². The third kappa shape index (κ3) is 3.06. The van der Waals surface area contributed by atoms with Gasteiger partial charge in [-0.3, -0.25) is 0 Å². The number of esters is 1. The number of benzene rings is 2. The summed E-state index contributed by atoms with van der Waals surface area (Å²) >= 11 is 0. The van der Waals surface area contributed by atoms with Crippen LogP contribution < -0.4 is 9.47 Å². The van der Waals surface area contributed by atoms with Crippen molar-refractivity contribution in [1.82, 2.24) is 0 Å². The summed E-state index contributed by atoms with van der Waals surface area (Å²) in [6, 6.07) is 13.7. The van der Waals surface area contributed by atoms with Gasteiger partial charge in [-0.15, -0.1) is 0 Å². The highest BCUT2D eigenvalue weighted by molar-refractivity contribution is 5.89. The minimum absolute atomic E-state index is 0.250. The Morgan fingerprint density at radius 1 is 1.11 bits per heavy atom. The quantitative estimate of drug-likeness (QED) is 0.600. The molecule has 1 fully saturated rings. The van der Waals surface area contributed by atoms with Crippen LogP contribution in [-0.4, -0.2) is 51.4 Å². The van der Waals surface area contributed by atoms with E-state index in [4.69, 9.17) is 14.2 Å². The van der Waals surface area contributed by atoms with Crippen molar-refractivity contribution in [2.45, 2.75) is 12.5 Å². The summed E-state index contributed by atoms with van der Waals surface area (Å²) in [4.78, 5) is 12.3. The van der Waals surface area contributed by atoms with Crippen molar-refractivity contribution in [2.24, 2.45) is 5.92 Å². The summed E-state index contributed by atoms with van der Waals surface area (Å²) in [6.07, 6.45) is 1.03. The Hall–Kier alpha value is -2.53. The molecule has 0 saturated carbocycles. The lowest BCUT2D eigenvalue weighted by Crippen LogP contribution is -2.66. The number of nitrogens with zero attached hydrogens (tertiary/aromatic N) is 1. The van der Waals surface area contributed by atoms with Crippen molar-refractivity contribution in [3.8, 4) is 11.5 Å². The van der Waals surface area contributed by atoms with Crippen LogP contribution in [0.2, 0.25) is 0 Å². The molecule has 0 amide bonds. The van der Waals surface area contributed by atoms with E-state index in [1.165, 1.54) is 11.1 Å². The summed E-state index contributed by atoms with van der Waals surface area (Å²) in [5.41, 5.74) is 3.21. The molecule has 2 aliphatic heterocycles. The summed E-state index contributed by atoms with van der Waals surface area (Å²) in [5, 5.41) is 0. The van der Waals surface area contributed by atoms with E-state index >= 15 is 0 Å². The SMILES string of the molecule is COc1cc2c(cc1OC)[C@H]1[C@H](COC(=O)c3ccccc3)C[N+]1(C)CC2. The van der Waals surface area contributed by atoms with Crippen molar-refractivity contribution in [2.75, 3.05) is 41.0 Å². The highest BCUT2D eigenvalue weighted by Crippen LogP contribution is 2.50. The molecule has 27 heavy (non-hydrogen) atoms. The lowest BCUT2D eigenvalue weighted by Gasteiger charge is -2.57. The average molecular weight is 368 g/mol. The standard InChI is InChI=1S/C22H26NO4/c1-23-10-9-16-11-19(25-2)20(26-3)12-18(16)21(23)17(13-23)14-27-22(24)15-7-5-4-6-8-15/h4-8,11-12,17,21H,9-10,13-14H2,1-3H3/q+1/t17-,21+,23?/m0/s1. The number of hydrogen-bond donors (Lipinski definition) is 0. The molecule has 1 unspecified atom stereocenters. The molecule has 2 aliphatic rings. The second-order valence-electron chi connectivity index (χ2n) is 7.71. The van der Waals surface area contributed by atoms with Crippen molar-refractivity contribution >= 4 is 5.97 Å². The molecule has 1 saturated heterocycles. The maximum Gasteiger partial charge on any atom is 0.338 e. The van der Waals surface area contributed by atoms with E-state index in [2.05, 4.69) is 19.2 Å². The number of hydrogen-bond acceptors (Lipinski definition) is 4. The lowest BCUT2D eigenvalue weighted by atomic mass is 9.75. The number of quaternary nitrogens is 1. The fraction of sp³-hybridized carbons (Fsp3) is 0.409. The summed E-state index contributed by atoms with van der Waals surface area (Å²) in [5.74, 6) is 1.61. The van der Waals surface area contributed by atoms with E-state index in [1.807, 2.05) is 18.2 Å². The van der Waals surface area contributed by atoms with Crippen molar-refractivity contribution in [3.63, 3.8) is 0 Å². The van der Waals surface area contributed by atoms with Crippen LogP contribution in [0.1, 0.15) is 27.5 Å². The van der Waals surface area contributed by atoms with E-state index < -0.39 is 0 Å². The van der Waals surface area contributed by atoms with Gasteiger partial charge in [0.05, 0.1) is 45.8 Å². The maximum atomic E-state index is 12.3. The monoisotopic (exact) mass is 368 g/mol. The third-order valence-electron chi connectivity index (χ3n) is 6.06. The zero-order valence-corrected chi connectivity index (χ0v) is 16.1. The molecule has 5 heteroatoms. The molecule has 3 atom stereocenters. The van der Waals surface area contributed by atoms with Gasteiger partial charge in [-0.25, -0.2) is 4.79 Å². The average Bonchev–Trinajstić information content (AvgIpc) is 2.69. The highest BCUT2D eigenvalue weighted by Gasteiger charge is 2.55. The molecule has 0 aromatic heterocycles. The number of carbonyl (C=O) groups excluding carboxylic acids is 1. The van der Waals surface area contributed by atoms with E-state index in [9.17, 15) is 4.79 Å². The molecule has 0 aliphatic carbocycles. The molecule has 0 N–H and O–H groups in total. The van der Waals surface area contributed by atoms with Gasteiger partial charge in [-0.1, -0.05) is 18.2 Å². The fourth-order valence-corrected chi connectivity index (χ4v) is 4.73. The van der Waals surface area contributed by atoms with E-state index in [-0.39, 0.29) is 5.97 Å². The third-order valence-corrected chi connectivity index (χ3v) is 6.06. The molecule has 5 nitrogen and oxygen atoms in total. The minimum Gasteiger partial charge on any atom is -0.493 e. The second kappa shape index (κ2) is 6.89. The Morgan fingerprint density at radius 3 is 2.52 bits per heavy atom. The van der Waals surface area contributed by atoms with Crippen LogP contribution in [0.15, 0.2) is 42.5 Å². The van der Waals surface area contributed by atoms with E-state index in [0.29, 0.717) is 24.1 Å². The summed E-state index contributed by atoms with van der Waals surface area (Å²) < 4.78 is 17.6. The van der Waals surface area contributed by atoms with Crippen LogP contribution in [0.25, 0.3) is 0 Å². The maximum absolute atomic E-state index is 12.3. The number of carbonyl (C=O) groups is 1. The first kappa shape index (κ1) is 17.9.